The highest BCUT2D eigenvalue weighted by Gasteiger charge is 2.24. The Morgan fingerprint density at radius 1 is 1.50 bits per heavy atom. The van der Waals surface area contributed by atoms with Gasteiger partial charge in [-0.3, -0.25) is 0 Å². The van der Waals surface area contributed by atoms with E-state index in [0.717, 1.165) is 19.2 Å². The lowest BCUT2D eigenvalue weighted by Gasteiger charge is -2.11. The molecule has 20 heavy (non-hydrogen) atoms. The molecule has 0 bridgehead atoms. The molecule has 0 aliphatic heterocycles. The number of nitriles is 1. The van der Waals surface area contributed by atoms with Crippen LogP contribution in [0.2, 0.25) is 0 Å². The summed E-state index contributed by atoms with van der Waals surface area (Å²) in [6.07, 6.45) is 0. The molecular formula is C12H13FN2O4S. The molecule has 0 aliphatic carbocycles. The van der Waals surface area contributed by atoms with Crippen LogP contribution in [0, 0.1) is 24.1 Å². The zero-order chi connectivity index (χ0) is 15.5. The van der Waals surface area contributed by atoms with Gasteiger partial charge in [0.05, 0.1) is 18.7 Å². The van der Waals surface area contributed by atoms with Gasteiger partial charge in [-0.2, -0.15) is 9.98 Å². The van der Waals surface area contributed by atoms with E-state index in [4.69, 9.17) is 5.26 Å². The van der Waals surface area contributed by atoms with Gasteiger partial charge in [0, 0.05) is 0 Å². The Morgan fingerprint density at radius 3 is 2.60 bits per heavy atom. The van der Waals surface area contributed by atoms with Gasteiger partial charge in [0.1, 0.15) is 16.8 Å². The maximum atomic E-state index is 13.8. The van der Waals surface area contributed by atoms with Crippen molar-refractivity contribution in [1.82, 2.24) is 4.72 Å². The predicted molar refractivity (Wildman–Crippen MR) is 67.9 cm³/mol. The van der Waals surface area contributed by atoms with E-state index in [1.54, 1.807) is 6.07 Å². The Hall–Kier alpha value is -1.98. The van der Waals surface area contributed by atoms with E-state index in [1.165, 1.54) is 13.8 Å². The molecule has 0 spiro atoms. The number of rotatable bonds is 4. The van der Waals surface area contributed by atoms with Gasteiger partial charge >= 0.3 is 5.97 Å². The monoisotopic (exact) mass is 300 g/mol. The lowest BCUT2D eigenvalue weighted by molar-refractivity contribution is 0.0599. The number of benzene rings is 1. The van der Waals surface area contributed by atoms with Crippen LogP contribution < -0.4 is 4.72 Å². The third-order valence-electron chi connectivity index (χ3n) is 2.50. The largest absolute Gasteiger partial charge is 0.465 e. The second-order valence-electron chi connectivity index (χ2n) is 4.06. The van der Waals surface area contributed by atoms with Crippen molar-refractivity contribution >= 4 is 16.0 Å². The van der Waals surface area contributed by atoms with E-state index in [0.29, 0.717) is 0 Å². The van der Waals surface area contributed by atoms with E-state index in [-0.39, 0.29) is 11.1 Å². The number of carbonyl (C=O) groups excluding carboxylic acids is 1. The highest BCUT2D eigenvalue weighted by atomic mass is 32.2. The zero-order valence-corrected chi connectivity index (χ0v) is 11.9. The van der Waals surface area contributed by atoms with Crippen LogP contribution in [-0.2, 0) is 14.8 Å². The Balaban J connectivity index is 3.39. The molecule has 0 amide bonds. The normalized spacial score (nSPS) is 12.6. The molecule has 6 nitrogen and oxygen atoms in total. The number of carbonyl (C=O) groups is 1. The average Bonchev–Trinajstić information content (AvgIpc) is 2.36. The van der Waals surface area contributed by atoms with Crippen LogP contribution in [-0.4, -0.2) is 27.5 Å². The van der Waals surface area contributed by atoms with Crippen LogP contribution in [0.15, 0.2) is 17.0 Å². The molecule has 0 saturated carbocycles. The summed E-state index contributed by atoms with van der Waals surface area (Å²) in [4.78, 5) is 10.8. The summed E-state index contributed by atoms with van der Waals surface area (Å²) in [7, 11) is -3.10. The highest BCUT2D eigenvalue weighted by Crippen LogP contribution is 2.20. The van der Waals surface area contributed by atoms with E-state index in [2.05, 4.69) is 4.74 Å². The SMILES string of the molecule is COC(=O)c1cc(S(=O)(=O)NC(C)C#N)c(F)cc1C. The first kappa shape index (κ1) is 16.1. The predicted octanol–water partition coefficient (Wildman–Crippen LogP) is 1.11. The minimum absolute atomic E-state index is 0.0566. The first-order valence-corrected chi connectivity index (χ1v) is 7.01. The number of esters is 1. The quantitative estimate of drug-likeness (QED) is 0.840. The second kappa shape index (κ2) is 5.98. The lowest BCUT2D eigenvalue weighted by Crippen LogP contribution is -2.32. The van der Waals surface area contributed by atoms with Crippen LogP contribution in [0.1, 0.15) is 22.8 Å². The summed E-state index contributed by atoms with van der Waals surface area (Å²) < 4.78 is 44.2. The van der Waals surface area contributed by atoms with Crippen molar-refractivity contribution in [2.24, 2.45) is 0 Å². The Bertz CT molecular complexity index is 679. The van der Waals surface area contributed by atoms with Crippen LogP contribution in [0.3, 0.4) is 0 Å². The summed E-state index contributed by atoms with van der Waals surface area (Å²) in [6, 6.07) is 2.46. The molecule has 1 aromatic rings. The number of nitrogens with one attached hydrogen (secondary N) is 1. The molecule has 0 aliphatic rings. The minimum Gasteiger partial charge on any atom is -0.465 e. The summed E-state index contributed by atoms with van der Waals surface area (Å²) in [6.45, 7) is 2.77. The molecule has 1 aromatic carbocycles. The topological polar surface area (TPSA) is 96.3 Å². The van der Waals surface area contributed by atoms with Crippen molar-refractivity contribution in [3.8, 4) is 6.07 Å². The van der Waals surface area contributed by atoms with Crippen molar-refractivity contribution in [3.05, 3.63) is 29.1 Å². The third-order valence-corrected chi connectivity index (χ3v) is 4.06. The van der Waals surface area contributed by atoms with Gasteiger partial charge in [0.2, 0.25) is 10.0 Å². The molecule has 0 saturated heterocycles. The number of aryl methyl sites for hydroxylation is 1. The summed E-state index contributed by atoms with van der Waals surface area (Å²) in [5.41, 5.74) is 0.195. The molecule has 1 unspecified atom stereocenters. The van der Waals surface area contributed by atoms with Crippen LogP contribution in [0.4, 0.5) is 4.39 Å². The smallest absolute Gasteiger partial charge is 0.338 e. The number of nitrogens with zero attached hydrogens (tertiary/aromatic N) is 1. The van der Waals surface area contributed by atoms with E-state index >= 15 is 0 Å². The standard InChI is InChI=1S/C12H13FN2O4S/c1-7-4-10(13)11(5-9(7)12(16)19-3)20(17,18)15-8(2)6-14/h4-5,8,15H,1-3H3. The van der Waals surface area contributed by atoms with Gasteiger partial charge in [-0.05, 0) is 31.5 Å². The fourth-order valence-electron chi connectivity index (χ4n) is 1.51. The van der Waals surface area contributed by atoms with Crippen LogP contribution in [0.25, 0.3) is 0 Å². The molecule has 108 valence electrons. The number of methoxy groups -OCH3 is 1. The number of ether oxygens (including phenoxy) is 1. The molecule has 0 fully saturated rings. The first-order chi connectivity index (χ1) is 9.22. The maximum Gasteiger partial charge on any atom is 0.338 e. The van der Waals surface area contributed by atoms with Crippen molar-refractivity contribution in [3.63, 3.8) is 0 Å². The molecule has 0 radical (unpaired) electrons. The molecule has 1 rings (SSSR count). The minimum atomic E-state index is -4.24. The van der Waals surface area contributed by atoms with E-state index < -0.39 is 32.7 Å². The average molecular weight is 300 g/mol. The lowest BCUT2D eigenvalue weighted by atomic mass is 10.1. The molecule has 1 N–H and O–H groups in total. The zero-order valence-electron chi connectivity index (χ0n) is 11.1. The van der Waals surface area contributed by atoms with Crippen LogP contribution in [0.5, 0.6) is 0 Å². The van der Waals surface area contributed by atoms with Crippen molar-refractivity contribution in [2.75, 3.05) is 7.11 Å². The number of sulfonamides is 1. The summed E-state index contributed by atoms with van der Waals surface area (Å²) >= 11 is 0. The van der Waals surface area contributed by atoms with E-state index in [9.17, 15) is 17.6 Å². The molecule has 8 heteroatoms. The van der Waals surface area contributed by atoms with Gasteiger partial charge < -0.3 is 4.74 Å². The van der Waals surface area contributed by atoms with Gasteiger partial charge in [0.15, 0.2) is 0 Å². The van der Waals surface area contributed by atoms with Gasteiger partial charge in [-0.25, -0.2) is 17.6 Å². The van der Waals surface area contributed by atoms with Gasteiger partial charge in [-0.15, -0.1) is 0 Å². The fraction of sp³-hybridized carbons (Fsp3) is 0.333. The summed E-state index contributed by atoms with van der Waals surface area (Å²) in [5, 5.41) is 8.59. The van der Waals surface area contributed by atoms with Crippen molar-refractivity contribution in [2.45, 2.75) is 24.8 Å². The summed E-state index contributed by atoms with van der Waals surface area (Å²) in [5.74, 6) is -1.78. The van der Waals surface area contributed by atoms with Gasteiger partial charge in [0.25, 0.3) is 0 Å². The van der Waals surface area contributed by atoms with Gasteiger partial charge in [-0.1, -0.05) is 0 Å². The molecule has 0 heterocycles. The number of hydrogen-bond donors (Lipinski definition) is 1. The van der Waals surface area contributed by atoms with E-state index in [1.807, 2.05) is 4.72 Å². The number of hydrogen-bond acceptors (Lipinski definition) is 5. The molecular weight excluding hydrogens is 287 g/mol. The van der Waals surface area contributed by atoms with Crippen molar-refractivity contribution in [1.29, 1.82) is 5.26 Å². The highest BCUT2D eigenvalue weighted by molar-refractivity contribution is 7.89. The fourth-order valence-corrected chi connectivity index (χ4v) is 2.74. The maximum absolute atomic E-state index is 13.8. The molecule has 0 aromatic heterocycles. The molecule has 1 atom stereocenters. The Kier molecular flexibility index (Phi) is 4.81. The van der Waals surface area contributed by atoms with Crippen molar-refractivity contribution < 1.29 is 22.3 Å². The first-order valence-electron chi connectivity index (χ1n) is 5.53. The Labute approximate surface area is 116 Å². The Morgan fingerprint density at radius 2 is 2.10 bits per heavy atom. The third kappa shape index (κ3) is 3.31. The van der Waals surface area contributed by atoms with Crippen LogP contribution >= 0.6 is 0 Å². The second-order valence-corrected chi connectivity index (χ2v) is 5.74. The number of halogens is 1.